The van der Waals surface area contributed by atoms with Crippen LogP contribution in [0.3, 0.4) is 0 Å². The zero-order valence-electron chi connectivity index (χ0n) is 18.0. The van der Waals surface area contributed by atoms with Crippen LogP contribution in [-0.2, 0) is 0 Å². The maximum atomic E-state index is 2.85. The van der Waals surface area contributed by atoms with E-state index < -0.39 is 18.4 Å². The van der Waals surface area contributed by atoms with Crippen LogP contribution in [0, 0.1) is 5.41 Å². The molecule has 0 bridgehead atoms. The van der Waals surface area contributed by atoms with Gasteiger partial charge in [0.25, 0.3) is 0 Å². The van der Waals surface area contributed by atoms with E-state index in [1.807, 2.05) is 11.8 Å². The Bertz CT molecular complexity index is 470. The summed E-state index contributed by atoms with van der Waals surface area (Å²) < 4.78 is 7.57. The van der Waals surface area contributed by atoms with Gasteiger partial charge < -0.3 is 0 Å². The van der Waals surface area contributed by atoms with Crippen LogP contribution in [0.4, 0.5) is 0 Å². The Morgan fingerprint density at radius 3 is 1.81 bits per heavy atom. The molecule has 0 aliphatic rings. The zero-order chi connectivity index (χ0) is 19.3. The van der Waals surface area contributed by atoms with E-state index in [2.05, 4.69) is 75.1 Å². The van der Waals surface area contributed by atoms with Crippen LogP contribution >= 0.6 is 11.8 Å². The Hall–Kier alpha value is 0.109. The van der Waals surface area contributed by atoms with Gasteiger partial charge in [-0.2, -0.15) is 0 Å². The van der Waals surface area contributed by atoms with E-state index in [4.69, 9.17) is 0 Å². The number of allylic oxidation sites excluding steroid dienone is 1. The van der Waals surface area contributed by atoms with Gasteiger partial charge in [0.05, 0.1) is 0 Å². The van der Waals surface area contributed by atoms with Gasteiger partial charge in [0.2, 0.25) is 0 Å². The maximum absolute atomic E-state index is 2.85. The predicted octanol–water partition coefficient (Wildman–Crippen LogP) is 8.75. The van der Waals surface area contributed by atoms with Crippen LogP contribution in [0.1, 0.15) is 73.1 Å². The van der Waals surface area contributed by atoms with E-state index in [-0.39, 0.29) is 5.41 Å². The molecule has 0 fully saturated rings. The molecule has 0 spiro atoms. The molecular weight excluding hydrogens is 439 g/mol. The zero-order valence-corrected chi connectivity index (χ0v) is 21.7. The Kier molecular flexibility index (Phi) is 12.4. The molecule has 1 aromatic carbocycles. The quantitative estimate of drug-likeness (QED) is 0.189. The summed E-state index contributed by atoms with van der Waals surface area (Å²) in [4.78, 5) is 1.40. The Morgan fingerprint density at radius 2 is 1.35 bits per heavy atom. The van der Waals surface area contributed by atoms with Crippen molar-refractivity contribution in [1.29, 1.82) is 0 Å². The first-order valence-corrected chi connectivity index (χ1v) is 19.5. The van der Waals surface area contributed by atoms with Gasteiger partial charge in [-0.05, 0) is 0 Å². The van der Waals surface area contributed by atoms with E-state index in [1.165, 1.54) is 49.2 Å². The molecule has 0 heterocycles. The fourth-order valence-corrected chi connectivity index (χ4v) is 19.4. The van der Waals surface area contributed by atoms with Crippen molar-refractivity contribution in [3.8, 4) is 0 Å². The average molecular weight is 481 g/mol. The predicted molar refractivity (Wildman–Crippen MR) is 125 cm³/mol. The van der Waals surface area contributed by atoms with Crippen molar-refractivity contribution in [2.24, 2.45) is 5.41 Å². The number of rotatable bonds is 14. The van der Waals surface area contributed by atoms with Gasteiger partial charge in [0.1, 0.15) is 0 Å². The molecule has 1 aromatic rings. The van der Waals surface area contributed by atoms with Crippen LogP contribution in [0.25, 0.3) is 0 Å². The molecular formula is C24H42SSn. The van der Waals surface area contributed by atoms with E-state index in [1.54, 1.807) is 13.3 Å². The van der Waals surface area contributed by atoms with Crippen molar-refractivity contribution in [2.45, 2.75) is 91.3 Å². The standard InChI is InChI=1S/C12H15S.3C4H9.Sn/c1-4-12(2,3)10-13-11-8-6-5-7-9-11;3*1-3-4-2;/h1,4-9H,10H2,2-3H3;3*1,3-4H2,2H3;. The van der Waals surface area contributed by atoms with Crippen LogP contribution in [0.2, 0.25) is 13.3 Å². The molecule has 1 rings (SSSR count). The first-order chi connectivity index (χ1) is 12.5. The van der Waals surface area contributed by atoms with E-state index in [0.717, 1.165) is 0 Å². The molecule has 0 unspecified atom stereocenters. The molecule has 2 heteroatoms. The average Bonchev–Trinajstić information content (AvgIpc) is 2.66. The molecule has 148 valence electrons. The van der Waals surface area contributed by atoms with Gasteiger partial charge in [-0.1, -0.05) is 0 Å². The third kappa shape index (κ3) is 9.87. The molecule has 0 aromatic heterocycles. The topological polar surface area (TPSA) is 0 Å². The van der Waals surface area contributed by atoms with Crippen molar-refractivity contribution < 1.29 is 0 Å². The van der Waals surface area contributed by atoms with Crippen LogP contribution in [0.5, 0.6) is 0 Å². The van der Waals surface area contributed by atoms with Crippen molar-refractivity contribution in [3.05, 3.63) is 40.5 Å². The second-order valence-corrected chi connectivity index (χ2v) is 22.7. The molecule has 26 heavy (non-hydrogen) atoms. The summed E-state index contributed by atoms with van der Waals surface area (Å²) in [7, 11) is 0. The summed E-state index contributed by atoms with van der Waals surface area (Å²) in [5.74, 6) is 1.17. The molecule has 0 atom stereocenters. The van der Waals surface area contributed by atoms with Gasteiger partial charge in [0.15, 0.2) is 0 Å². The second-order valence-electron chi connectivity index (χ2n) is 8.60. The van der Waals surface area contributed by atoms with E-state index in [9.17, 15) is 0 Å². The fraction of sp³-hybridized carbons (Fsp3) is 0.667. The van der Waals surface area contributed by atoms with Gasteiger partial charge in [0, 0.05) is 0 Å². The summed E-state index contributed by atoms with van der Waals surface area (Å²) in [5.41, 5.74) is 0.285. The molecule has 0 saturated carbocycles. The molecule has 0 nitrogen and oxygen atoms in total. The molecule has 0 aliphatic carbocycles. The monoisotopic (exact) mass is 482 g/mol. The number of hydrogen-bond acceptors (Lipinski definition) is 1. The van der Waals surface area contributed by atoms with Crippen molar-refractivity contribution in [1.82, 2.24) is 0 Å². The van der Waals surface area contributed by atoms with Crippen molar-refractivity contribution in [2.75, 3.05) is 5.75 Å². The second kappa shape index (κ2) is 13.3. The third-order valence-corrected chi connectivity index (χ3v) is 20.9. The van der Waals surface area contributed by atoms with Gasteiger partial charge in [-0.3, -0.25) is 0 Å². The SMILES string of the molecule is CCC[CH2][Sn](/[CH]=C/C(C)(C)CSc1ccccc1)([CH2]CCC)[CH2]CCC. The summed E-state index contributed by atoms with van der Waals surface area (Å²) >= 11 is -0.130. The van der Waals surface area contributed by atoms with Crippen LogP contribution < -0.4 is 0 Å². The van der Waals surface area contributed by atoms with E-state index >= 15 is 0 Å². The summed E-state index contributed by atoms with van der Waals surface area (Å²) in [5, 5.41) is 0. The van der Waals surface area contributed by atoms with Crippen molar-refractivity contribution in [3.63, 3.8) is 0 Å². The number of thioether (sulfide) groups is 1. The summed E-state index contributed by atoms with van der Waals surface area (Å²) in [6.45, 7) is 11.9. The summed E-state index contributed by atoms with van der Waals surface area (Å²) in [6, 6.07) is 10.9. The molecule has 0 radical (unpaired) electrons. The Balaban J connectivity index is 2.82. The number of hydrogen-bond donors (Lipinski definition) is 0. The van der Waals surface area contributed by atoms with Gasteiger partial charge in [-0.25, -0.2) is 0 Å². The number of benzene rings is 1. The van der Waals surface area contributed by atoms with Crippen LogP contribution in [-0.4, -0.2) is 24.1 Å². The molecule has 0 N–H and O–H groups in total. The first-order valence-electron chi connectivity index (χ1n) is 10.8. The molecule has 0 saturated heterocycles. The molecule has 0 amide bonds. The van der Waals surface area contributed by atoms with E-state index in [0.29, 0.717) is 0 Å². The van der Waals surface area contributed by atoms with Gasteiger partial charge >= 0.3 is 173 Å². The third-order valence-electron chi connectivity index (χ3n) is 5.33. The minimum atomic E-state index is -2.13. The Morgan fingerprint density at radius 1 is 0.846 bits per heavy atom. The number of unbranched alkanes of at least 4 members (excludes halogenated alkanes) is 3. The summed E-state index contributed by atoms with van der Waals surface area (Å²) in [6.07, 6.45) is 11.1. The fourth-order valence-electron chi connectivity index (χ4n) is 3.45. The Labute approximate surface area is 172 Å². The van der Waals surface area contributed by atoms with Gasteiger partial charge in [-0.15, -0.1) is 0 Å². The molecule has 0 aliphatic heterocycles. The first kappa shape index (κ1) is 24.1. The normalized spacial score (nSPS) is 12.8. The minimum absolute atomic E-state index is 0.285. The van der Waals surface area contributed by atoms with Crippen LogP contribution in [0.15, 0.2) is 45.4 Å². The van der Waals surface area contributed by atoms with Crippen molar-refractivity contribution >= 4 is 30.1 Å².